The van der Waals surface area contributed by atoms with E-state index in [1.807, 2.05) is 17.9 Å². The lowest BCUT2D eigenvalue weighted by molar-refractivity contribution is -0.129. The number of aryl methyl sites for hydroxylation is 1. The molecule has 1 aliphatic rings. The number of likely N-dealkylation sites (tertiary alicyclic amines) is 1. The van der Waals surface area contributed by atoms with Gasteiger partial charge in [-0.2, -0.15) is 0 Å². The van der Waals surface area contributed by atoms with Gasteiger partial charge in [0.15, 0.2) is 0 Å². The van der Waals surface area contributed by atoms with Crippen LogP contribution in [-0.4, -0.2) is 39.7 Å². The second kappa shape index (κ2) is 5.45. The van der Waals surface area contributed by atoms with Gasteiger partial charge in [0, 0.05) is 30.9 Å². The Morgan fingerprint density at radius 3 is 2.82 bits per heavy atom. The lowest BCUT2D eigenvalue weighted by atomic mass is 9.96. The van der Waals surface area contributed by atoms with Crippen molar-refractivity contribution < 1.29 is 4.79 Å². The summed E-state index contributed by atoms with van der Waals surface area (Å²) in [4.78, 5) is 22.0. The highest BCUT2D eigenvalue weighted by Gasteiger charge is 2.24. The van der Waals surface area contributed by atoms with Crippen molar-refractivity contribution in [3.8, 4) is 0 Å². The molecule has 1 amide bonds. The predicted molar refractivity (Wildman–Crippen MR) is 66.0 cm³/mol. The van der Waals surface area contributed by atoms with E-state index in [2.05, 4.69) is 9.97 Å². The van der Waals surface area contributed by atoms with Gasteiger partial charge >= 0.3 is 0 Å². The molecule has 0 aliphatic carbocycles. The number of carbonyl (C=O) groups excluding carboxylic acids is 1. The largest absolute Gasteiger partial charge is 0.342 e. The molecule has 0 unspecified atom stereocenters. The standard InChI is InChI=1S/C12H16ClN3O/c1-9-2-5-14-12(15-9)10-3-6-16(7-4-10)11(17)8-13/h2,5,10H,3-4,6-8H2,1H3. The molecule has 5 heteroatoms. The van der Waals surface area contributed by atoms with Crippen LogP contribution in [-0.2, 0) is 4.79 Å². The van der Waals surface area contributed by atoms with E-state index in [1.165, 1.54) is 0 Å². The number of halogens is 1. The van der Waals surface area contributed by atoms with Crippen LogP contribution in [0.1, 0.15) is 30.3 Å². The summed E-state index contributed by atoms with van der Waals surface area (Å²) in [5, 5.41) is 0. The molecule has 92 valence electrons. The topological polar surface area (TPSA) is 46.1 Å². The van der Waals surface area contributed by atoms with Crippen molar-refractivity contribution in [1.82, 2.24) is 14.9 Å². The van der Waals surface area contributed by atoms with E-state index in [4.69, 9.17) is 11.6 Å². The van der Waals surface area contributed by atoms with Crippen LogP contribution < -0.4 is 0 Å². The first-order valence-corrected chi connectivity index (χ1v) is 6.37. The van der Waals surface area contributed by atoms with E-state index in [0.29, 0.717) is 5.92 Å². The van der Waals surface area contributed by atoms with E-state index in [0.717, 1.165) is 37.4 Å². The van der Waals surface area contributed by atoms with Crippen molar-refractivity contribution in [3.63, 3.8) is 0 Å². The zero-order chi connectivity index (χ0) is 12.3. The van der Waals surface area contributed by atoms with Gasteiger partial charge in [0.2, 0.25) is 5.91 Å². The highest BCUT2D eigenvalue weighted by Crippen LogP contribution is 2.25. The van der Waals surface area contributed by atoms with Gasteiger partial charge in [0.05, 0.1) is 0 Å². The van der Waals surface area contributed by atoms with Crippen molar-refractivity contribution in [1.29, 1.82) is 0 Å². The molecule has 0 saturated carbocycles. The lowest BCUT2D eigenvalue weighted by Gasteiger charge is -2.30. The Morgan fingerprint density at radius 1 is 1.53 bits per heavy atom. The predicted octanol–water partition coefficient (Wildman–Crippen LogP) is 1.73. The SMILES string of the molecule is Cc1ccnc(C2CCN(C(=O)CCl)CC2)n1. The van der Waals surface area contributed by atoms with Gasteiger partial charge in [-0.1, -0.05) is 0 Å². The van der Waals surface area contributed by atoms with Crippen LogP contribution in [0.15, 0.2) is 12.3 Å². The summed E-state index contributed by atoms with van der Waals surface area (Å²) in [5.74, 6) is 1.37. The summed E-state index contributed by atoms with van der Waals surface area (Å²) < 4.78 is 0. The molecule has 1 aromatic heterocycles. The van der Waals surface area contributed by atoms with Crippen LogP contribution in [0.3, 0.4) is 0 Å². The number of rotatable bonds is 2. The Morgan fingerprint density at radius 2 is 2.24 bits per heavy atom. The molecule has 0 spiro atoms. The molecule has 0 atom stereocenters. The molecule has 0 bridgehead atoms. The van der Waals surface area contributed by atoms with Crippen molar-refractivity contribution in [2.45, 2.75) is 25.7 Å². The number of piperidine rings is 1. The summed E-state index contributed by atoms with van der Waals surface area (Å²) in [6, 6.07) is 1.90. The number of alkyl halides is 1. The van der Waals surface area contributed by atoms with Crippen LogP contribution in [0.4, 0.5) is 0 Å². The highest BCUT2D eigenvalue weighted by molar-refractivity contribution is 6.27. The quantitative estimate of drug-likeness (QED) is 0.754. The van der Waals surface area contributed by atoms with E-state index in [-0.39, 0.29) is 11.8 Å². The average molecular weight is 254 g/mol. The van der Waals surface area contributed by atoms with Crippen LogP contribution in [0.25, 0.3) is 0 Å². The minimum atomic E-state index is 0.0234. The monoisotopic (exact) mass is 253 g/mol. The van der Waals surface area contributed by atoms with Gasteiger partial charge in [0.1, 0.15) is 11.7 Å². The molecule has 1 aliphatic heterocycles. The highest BCUT2D eigenvalue weighted by atomic mass is 35.5. The molecule has 17 heavy (non-hydrogen) atoms. The number of hydrogen-bond acceptors (Lipinski definition) is 3. The van der Waals surface area contributed by atoms with Crippen molar-refractivity contribution in [2.75, 3.05) is 19.0 Å². The Kier molecular flexibility index (Phi) is 3.94. The lowest BCUT2D eigenvalue weighted by Crippen LogP contribution is -2.38. The molecule has 1 aromatic rings. The Labute approximate surface area is 106 Å². The third kappa shape index (κ3) is 2.94. The van der Waals surface area contributed by atoms with E-state index < -0.39 is 0 Å². The first-order valence-electron chi connectivity index (χ1n) is 5.84. The zero-order valence-corrected chi connectivity index (χ0v) is 10.7. The van der Waals surface area contributed by atoms with Gasteiger partial charge in [-0.05, 0) is 25.8 Å². The van der Waals surface area contributed by atoms with Gasteiger partial charge < -0.3 is 4.90 Å². The van der Waals surface area contributed by atoms with E-state index in [9.17, 15) is 4.79 Å². The van der Waals surface area contributed by atoms with Gasteiger partial charge in [-0.15, -0.1) is 11.6 Å². The van der Waals surface area contributed by atoms with Crippen LogP contribution in [0, 0.1) is 6.92 Å². The number of amides is 1. The van der Waals surface area contributed by atoms with Crippen molar-refractivity contribution in [3.05, 3.63) is 23.8 Å². The maximum atomic E-state index is 11.4. The van der Waals surface area contributed by atoms with Gasteiger partial charge in [0.25, 0.3) is 0 Å². The smallest absolute Gasteiger partial charge is 0.237 e. The Bertz CT molecular complexity index is 402. The molecule has 1 fully saturated rings. The fraction of sp³-hybridized carbons (Fsp3) is 0.583. The normalized spacial score (nSPS) is 17.2. The van der Waals surface area contributed by atoms with E-state index >= 15 is 0 Å². The molecular formula is C12H16ClN3O. The summed E-state index contributed by atoms with van der Waals surface area (Å²) in [6.45, 7) is 3.48. The minimum absolute atomic E-state index is 0.0234. The summed E-state index contributed by atoms with van der Waals surface area (Å²) in [6.07, 6.45) is 3.64. The molecule has 2 heterocycles. The maximum absolute atomic E-state index is 11.4. The van der Waals surface area contributed by atoms with Gasteiger partial charge in [-0.25, -0.2) is 9.97 Å². The minimum Gasteiger partial charge on any atom is -0.342 e. The number of nitrogens with zero attached hydrogens (tertiary/aromatic N) is 3. The summed E-state index contributed by atoms with van der Waals surface area (Å²) in [7, 11) is 0. The molecular weight excluding hydrogens is 238 g/mol. The Hall–Kier alpha value is -1.16. The van der Waals surface area contributed by atoms with Crippen molar-refractivity contribution in [2.24, 2.45) is 0 Å². The third-order valence-electron chi connectivity index (χ3n) is 3.14. The number of carbonyl (C=O) groups is 1. The van der Waals surface area contributed by atoms with Crippen molar-refractivity contribution >= 4 is 17.5 Å². The molecule has 0 aromatic carbocycles. The molecule has 0 radical (unpaired) electrons. The fourth-order valence-corrected chi connectivity index (χ4v) is 2.31. The summed E-state index contributed by atoms with van der Waals surface area (Å²) in [5.41, 5.74) is 0.995. The molecule has 1 saturated heterocycles. The number of aromatic nitrogens is 2. The second-order valence-corrected chi connectivity index (χ2v) is 4.61. The molecule has 2 rings (SSSR count). The fourth-order valence-electron chi connectivity index (χ4n) is 2.14. The first kappa shape index (κ1) is 12.3. The average Bonchev–Trinajstić information content (AvgIpc) is 2.38. The molecule has 0 N–H and O–H groups in total. The third-order valence-corrected chi connectivity index (χ3v) is 3.37. The van der Waals surface area contributed by atoms with Crippen LogP contribution >= 0.6 is 11.6 Å². The van der Waals surface area contributed by atoms with Crippen LogP contribution in [0.2, 0.25) is 0 Å². The number of hydrogen-bond donors (Lipinski definition) is 0. The molecule has 4 nitrogen and oxygen atoms in total. The maximum Gasteiger partial charge on any atom is 0.237 e. The second-order valence-electron chi connectivity index (χ2n) is 4.34. The first-order chi connectivity index (χ1) is 8.20. The Balaban J connectivity index is 1.97. The van der Waals surface area contributed by atoms with E-state index in [1.54, 1.807) is 6.20 Å². The summed E-state index contributed by atoms with van der Waals surface area (Å²) >= 11 is 5.54. The van der Waals surface area contributed by atoms with Gasteiger partial charge in [-0.3, -0.25) is 4.79 Å². The van der Waals surface area contributed by atoms with Crippen LogP contribution in [0.5, 0.6) is 0 Å². The zero-order valence-electron chi connectivity index (χ0n) is 9.90.